The van der Waals surface area contributed by atoms with Gasteiger partial charge >= 0.3 is 0 Å². The average molecular weight is 955 g/mol. The highest BCUT2D eigenvalue weighted by Crippen LogP contribution is 2.16. The SMILES string of the molecule is CC/C=C\C/C=C\C/C=C\C/C=C\C/C=C\C/C=C\C/C=C\C/C=C\CCCCC(=O)NC(CO)C(O)/C=C/CC/C=C/CCCCCCCCCCCCCCCCCCCCCCCCCC. The summed E-state index contributed by atoms with van der Waals surface area (Å²) in [7, 11) is 0. The van der Waals surface area contributed by atoms with Crippen LogP contribution in [-0.2, 0) is 4.79 Å². The summed E-state index contributed by atoms with van der Waals surface area (Å²) in [5.41, 5.74) is 0. The Bertz CT molecular complexity index is 1360. The Labute approximate surface area is 428 Å². The maximum Gasteiger partial charge on any atom is 0.220 e. The van der Waals surface area contributed by atoms with Crippen LogP contribution in [0.15, 0.2) is 122 Å². The molecule has 0 aromatic carbocycles. The summed E-state index contributed by atoms with van der Waals surface area (Å²) in [5.74, 6) is -0.119. The first-order chi connectivity index (χ1) is 34.2. The molecule has 0 aromatic heterocycles. The minimum atomic E-state index is -0.892. The quantitative estimate of drug-likeness (QED) is 0.0420. The molecule has 3 N–H and O–H groups in total. The van der Waals surface area contributed by atoms with Gasteiger partial charge < -0.3 is 15.5 Å². The molecule has 0 aromatic rings. The maximum atomic E-state index is 12.5. The van der Waals surface area contributed by atoms with Crippen LogP contribution in [0.4, 0.5) is 0 Å². The molecule has 0 aliphatic rings. The number of unbranched alkanes of at least 4 members (excludes halogenated alkanes) is 27. The van der Waals surface area contributed by atoms with E-state index >= 15 is 0 Å². The summed E-state index contributed by atoms with van der Waals surface area (Å²) >= 11 is 0. The van der Waals surface area contributed by atoms with Gasteiger partial charge in [0.05, 0.1) is 18.8 Å². The number of aliphatic hydroxyl groups is 2. The third kappa shape index (κ3) is 55.6. The molecule has 0 aliphatic heterocycles. The first-order valence-corrected chi connectivity index (χ1v) is 29.2. The molecule has 394 valence electrons. The minimum Gasteiger partial charge on any atom is -0.394 e. The Kier molecular flexibility index (Phi) is 56.4. The molecule has 0 spiro atoms. The fraction of sp³-hybridized carbons (Fsp3) is 0.677. The van der Waals surface area contributed by atoms with Crippen molar-refractivity contribution < 1.29 is 15.0 Å². The van der Waals surface area contributed by atoms with Crippen molar-refractivity contribution in [3.63, 3.8) is 0 Å². The van der Waals surface area contributed by atoms with Gasteiger partial charge in [0.2, 0.25) is 5.91 Å². The molecule has 2 atom stereocenters. The van der Waals surface area contributed by atoms with E-state index in [0.717, 1.165) is 89.9 Å². The lowest BCUT2D eigenvalue weighted by atomic mass is 10.0. The lowest BCUT2D eigenvalue weighted by Crippen LogP contribution is -2.45. The van der Waals surface area contributed by atoms with Gasteiger partial charge in [-0.05, 0) is 96.3 Å². The smallest absolute Gasteiger partial charge is 0.220 e. The summed E-state index contributed by atoms with van der Waals surface area (Å²) in [6.07, 6.45) is 90.9. The zero-order valence-corrected chi connectivity index (χ0v) is 45.3. The van der Waals surface area contributed by atoms with E-state index < -0.39 is 12.1 Å². The van der Waals surface area contributed by atoms with Crippen LogP contribution >= 0.6 is 0 Å². The van der Waals surface area contributed by atoms with Gasteiger partial charge in [0, 0.05) is 6.42 Å². The van der Waals surface area contributed by atoms with E-state index in [2.05, 4.69) is 129 Å². The average Bonchev–Trinajstić information content (AvgIpc) is 3.35. The van der Waals surface area contributed by atoms with E-state index in [4.69, 9.17) is 0 Å². The van der Waals surface area contributed by atoms with Crippen molar-refractivity contribution >= 4 is 5.91 Å². The van der Waals surface area contributed by atoms with Crippen molar-refractivity contribution in [2.75, 3.05) is 6.61 Å². The second-order valence-electron chi connectivity index (χ2n) is 19.3. The maximum absolute atomic E-state index is 12.5. The second-order valence-corrected chi connectivity index (χ2v) is 19.3. The molecule has 2 unspecified atom stereocenters. The number of carbonyl (C=O) groups excluding carboxylic acids is 1. The van der Waals surface area contributed by atoms with E-state index in [1.165, 1.54) is 154 Å². The molecule has 69 heavy (non-hydrogen) atoms. The highest BCUT2D eigenvalue weighted by molar-refractivity contribution is 5.76. The summed E-state index contributed by atoms with van der Waals surface area (Å²) in [5, 5.41) is 23.1. The highest BCUT2D eigenvalue weighted by atomic mass is 16.3. The van der Waals surface area contributed by atoms with Gasteiger partial charge in [-0.1, -0.05) is 283 Å². The van der Waals surface area contributed by atoms with E-state index in [9.17, 15) is 15.0 Å². The van der Waals surface area contributed by atoms with Crippen LogP contribution in [0.2, 0.25) is 0 Å². The van der Waals surface area contributed by atoms with Gasteiger partial charge in [0.1, 0.15) is 0 Å². The van der Waals surface area contributed by atoms with E-state index in [1.54, 1.807) is 6.08 Å². The van der Waals surface area contributed by atoms with E-state index in [0.29, 0.717) is 6.42 Å². The van der Waals surface area contributed by atoms with Crippen molar-refractivity contribution in [2.45, 2.75) is 276 Å². The molecular formula is C65H111NO3. The molecule has 0 radical (unpaired) electrons. The molecule has 0 saturated carbocycles. The third-order valence-corrected chi connectivity index (χ3v) is 12.7. The summed E-state index contributed by atoms with van der Waals surface area (Å²) in [4.78, 5) is 12.5. The predicted octanol–water partition coefficient (Wildman–Crippen LogP) is 19.6. The van der Waals surface area contributed by atoms with Crippen LogP contribution < -0.4 is 5.32 Å². The van der Waals surface area contributed by atoms with Crippen molar-refractivity contribution in [3.05, 3.63) is 122 Å². The number of hydrogen-bond acceptors (Lipinski definition) is 3. The molecule has 4 nitrogen and oxygen atoms in total. The predicted molar refractivity (Wildman–Crippen MR) is 308 cm³/mol. The number of nitrogens with one attached hydrogen (secondary N) is 1. The molecule has 1 amide bonds. The minimum absolute atomic E-state index is 0.119. The van der Waals surface area contributed by atoms with Gasteiger partial charge in [0.15, 0.2) is 0 Å². The lowest BCUT2D eigenvalue weighted by Gasteiger charge is -2.19. The zero-order valence-electron chi connectivity index (χ0n) is 45.3. The number of rotatable bonds is 52. The molecular weight excluding hydrogens is 843 g/mol. The Balaban J connectivity index is 3.65. The normalized spacial score (nSPS) is 13.7. The Morgan fingerprint density at radius 1 is 0.362 bits per heavy atom. The van der Waals surface area contributed by atoms with Gasteiger partial charge in [0.25, 0.3) is 0 Å². The number of carbonyl (C=O) groups is 1. The van der Waals surface area contributed by atoms with Gasteiger partial charge in [-0.3, -0.25) is 4.79 Å². The number of aliphatic hydroxyl groups excluding tert-OH is 2. The molecule has 4 heteroatoms. The van der Waals surface area contributed by atoms with Crippen molar-refractivity contribution in [2.24, 2.45) is 0 Å². The molecule has 0 saturated heterocycles. The van der Waals surface area contributed by atoms with Crippen LogP contribution in [-0.4, -0.2) is 34.9 Å². The van der Waals surface area contributed by atoms with Gasteiger partial charge in [-0.2, -0.15) is 0 Å². The Hall–Kier alpha value is -3.21. The fourth-order valence-corrected chi connectivity index (χ4v) is 8.27. The summed E-state index contributed by atoms with van der Waals surface area (Å²) in [6, 6.07) is -0.674. The topological polar surface area (TPSA) is 69.6 Å². The largest absolute Gasteiger partial charge is 0.394 e. The van der Waals surface area contributed by atoms with Gasteiger partial charge in [-0.15, -0.1) is 0 Å². The molecule has 0 fully saturated rings. The number of hydrogen-bond donors (Lipinski definition) is 3. The lowest BCUT2D eigenvalue weighted by molar-refractivity contribution is -0.123. The summed E-state index contributed by atoms with van der Waals surface area (Å²) in [6.45, 7) is 4.18. The highest BCUT2D eigenvalue weighted by Gasteiger charge is 2.17. The van der Waals surface area contributed by atoms with E-state index in [-0.39, 0.29) is 12.5 Å². The molecule has 0 heterocycles. The number of amides is 1. The third-order valence-electron chi connectivity index (χ3n) is 12.7. The molecule has 0 rings (SSSR count). The first kappa shape index (κ1) is 65.8. The Morgan fingerprint density at radius 3 is 1.01 bits per heavy atom. The van der Waals surface area contributed by atoms with Crippen LogP contribution in [0, 0.1) is 0 Å². The first-order valence-electron chi connectivity index (χ1n) is 29.2. The molecule has 0 bridgehead atoms. The van der Waals surface area contributed by atoms with Gasteiger partial charge in [-0.25, -0.2) is 0 Å². The Morgan fingerprint density at radius 2 is 0.652 bits per heavy atom. The van der Waals surface area contributed by atoms with Crippen LogP contribution in [0.5, 0.6) is 0 Å². The molecule has 0 aliphatic carbocycles. The van der Waals surface area contributed by atoms with Crippen LogP contribution in [0.3, 0.4) is 0 Å². The monoisotopic (exact) mass is 954 g/mol. The van der Waals surface area contributed by atoms with Crippen molar-refractivity contribution in [3.8, 4) is 0 Å². The second kappa shape index (κ2) is 59.1. The van der Waals surface area contributed by atoms with E-state index in [1.807, 2.05) is 6.08 Å². The number of allylic oxidation sites excluding steroid dienone is 19. The standard InChI is InChI=1S/C65H111NO3/c1-3-5-7-9-11-13-15-17-19-21-23-25-27-29-31-32-33-35-36-38-40-42-44-46-48-50-52-54-56-58-60-64(68)63(62-67)66-65(69)61-59-57-55-53-51-49-47-45-43-41-39-37-34-30-28-26-24-22-20-18-16-14-12-10-8-6-4-2/h6,8,12,14,18,20,24,26,30,34,39,41,45,47,50-53,58,60,63-64,67-68H,3-5,7,9-11,13,15-17,19,21-23,25,27-29,31-33,35-38,40,42-44,46,48-49,54-57,59,61-62H2,1-2H3,(H,66,69)/b8-6-,14-12-,20-18-,26-24-,34-30-,41-39-,47-45-,52-50+,53-51-,60-58+. The van der Waals surface area contributed by atoms with Crippen molar-refractivity contribution in [1.29, 1.82) is 0 Å². The fourth-order valence-electron chi connectivity index (χ4n) is 8.27. The summed E-state index contributed by atoms with van der Waals surface area (Å²) < 4.78 is 0. The zero-order chi connectivity index (χ0) is 49.9. The van der Waals surface area contributed by atoms with Crippen LogP contribution in [0.25, 0.3) is 0 Å². The van der Waals surface area contributed by atoms with Crippen molar-refractivity contribution in [1.82, 2.24) is 5.32 Å². The van der Waals surface area contributed by atoms with Crippen LogP contribution in [0.1, 0.15) is 264 Å².